The maximum absolute atomic E-state index is 11.6. The predicted molar refractivity (Wildman–Crippen MR) is 105 cm³/mol. The molecular formula is C22H19N3O2. The van der Waals surface area contributed by atoms with E-state index in [0.717, 1.165) is 33.5 Å². The molecule has 0 saturated heterocycles. The summed E-state index contributed by atoms with van der Waals surface area (Å²) in [6.45, 7) is 0. The number of aromatic nitrogens is 2. The summed E-state index contributed by atoms with van der Waals surface area (Å²) in [4.78, 5) is 11.6. The molecule has 0 fully saturated rings. The first-order chi connectivity index (χ1) is 13.2. The Morgan fingerprint density at radius 2 is 1.85 bits per heavy atom. The van der Waals surface area contributed by atoms with Crippen LogP contribution in [-0.4, -0.2) is 22.6 Å². The quantitative estimate of drug-likeness (QED) is 0.592. The normalized spacial score (nSPS) is 10.9. The maximum atomic E-state index is 11.6. The van der Waals surface area contributed by atoms with Crippen molar-refractivity contribution >= 4 is 11.4 Å². The molecule has 0 radical (unpaired) electrons. The topological polar surface area (TPSA) is 69.6 Å². The number of primary amides is 1. The average molecular weight is 357 g/mol. The van der Waals surface area contributed by atoms with Gasteiger partial charge in [-0.2, -0.15) is 5.10 Å². The first kappa shape index (κ1) is 16.8. The number of carbonyl (C=O) groups is 1. The number of hydrogen-bond acceptors (Lipinski definition) is 3. The lowest BCUT2D eigenvalue weighted by molar-refractivity contribution is 0.0994. The second kappa shape index (κ2) is 6.96. The number of carbonyl (C=O) groups excluding carboxylic acids is 1. The fourth-order valence-corrected chi connectivity index (χ4v) is 3.26. The molecule has 4 rings (SSSR count). The maximum Gasteiger partial charge on any atom is 0.269 e. The molecule has 2 N–H and O–H groups in total. The number of para-hydroxylation sites is 1. The van der Waals surface area contributed by atoms with Crippen molar-refractivity contribution in [1.82, 2.24) is 9.61 Å². The minimum absolute atomic E-state index is 0.263. The van der Waals surface area contributed by atoms with Crippen LogP contribution in [0.3, 0.4) is 0 Å². The highest BCUT2D eigenvalue weighted by Crippen LogP contribution is 2.30. The van der Waals surface area contributed by atoms with E-state index in [4.69, 9.17) is 10.5 Å². The molecule has 2 aromatic heterocycles. The van der Waals surface area contributed by atoms with Crippen LogP contribution in [0, 0.1) is 0 Å². The third-order valence-corrected chi connectivity index (χ3v) is 4.60. The third kappa shape index (κ3) is 3.27. The zero-order chi connectivity index (χ0) is 18.8. The van der Waals surface area contributed by atoms with Crippen LogP contribution in [0.2, 0.25) is 0 Å². The van der Waals surface area contributed by atoms with Gasteiger partial charge < -0.3 is 10.5 Å². The second-order valence-electron chi connectivity index (χ2n) is 6.33. The third-order valence-electron chi connectivity index (χ3n) is 4.60. The van der Waals surface area contributed by atoms with Gasteiger partial charge >= 0.3 is 0 Å². The van der Waals surface area contributed by atoms with E-state index in [9.17, 15) is 4.79 Å². The van der Waals surface area contributed by atoms with Crippen molar-refractivity contribution in [2.75, 3.05) is 7.11 Å². The molecule has 0 bridgehead atoms. The fourth-order valence-electron chi connectivity index (χ4n) is 3.26. The number of fused-ring (bicyclic) bond motifs is 1. The predicted octanol–water partition coefficient (Wildman–Crippen LogP) is 3.70. The number of amides is 1. The van der Waals surface area contributed by atoms with Crippen LogP contribution in [0.5, 0.6) is 5.75 Å². The van der Waals surface area contributed by atoms with Gasteiger partial charge in [0.15, 0.2) is 0 Å². The molecule has 1 amide bonds. The second-order valence-corrected chi connectivity index (χ2v) is 6.33. The molecule has 5 heteroatoms. The van der Waals surface area contributed by atoms with Crippen molar-refractivity contribution in [2.45, 2.75) is 6.42 Å². The monoisotopic (exact) mass is 357 g/mol. The summed E-state index contributed by atoms with van der Waals surface area (Å²) in [5, 5.41) is 4.24. The van der Waals surface area contributed by atoms with E-state index in [0.29, 0.717) is 6.42 Å². The molecule has 0 atom stereocenters. The molecule has 0 aliphatic rings. The lowest BCUT2D eigenvalue weighted by Crippen LogP contribution is -2.15. The van der Waals surface area contributed by atoms with Crippen LogP contribution in [0.1, 0.15) is 21.6 Å². The van der Waals surface area contributed by atoms with Gasteiger partial charge in [-0.3, -0.25) is 4.79 Å². The number of rotatable bonds is 5. The number of nitrogens with two attached hydrogens (primary N) is 1. The van der Waals surface area contributed by atoms with E-state index in [1.54, 1.807) is 17.7 Å². The van der Waals surface area contributed by atoms with Crippen molar-refractivity contribution in [2.24, 2.45) is 5.73 Å². The first-order valence-corrected chi connectivity index (χ1v) is 8.65. The molecular weight excluding hydrogens is 338 g/mol. The molecule has 0 unspecified atom stereocenters. The van der Waals surface area contributed by atoms with E-state index < -0.39 is 5.91 Å². The van der Waals surface area contributed by atoms with Crippen molar-refractivity contribution in [3.8, 4) is 16.9 Å². The number of nitrogens with zero attached hydrogens (tertiary/aromatic N) is 2. The van der Waals surface area contributed by atoms with Crippen LogP contribution in [0.4, 0.5) is 0 Å². The standard InChI is InChI=1S/C22H19N3O2/c1-27-21-7-3-2-5-18(21)16-10-8-15(9-11-16)13-17-14-19(22(23)26)24-25-12-4-6-20(17)25/h2-12,14H,13H2,1H3,(H2,23,26). The van der Waals surface area contributed by atoms with Gasteiger partial charge in [0.2, 0.25) is 0 Å². The van der Waals surface area contributed by atoms with Gasteiger partial charge in [-0.05, 0) is 47.4 Å². The molecule has 2 aromatic carbocycles. The van der Waals surface area contributed by atoms with Gasteiger partial charge in [0.25, 0.3) is 5.91 Å². The smallest absolute Gasteiger partial charge is 0.269 e. The van der Waals surface area contributed by atoms with Crippen molar-refractivity contribution in [3.63, 3.8) is 0 Å². The van der Waals surface area contributed by atoms with Crippen LogP contribution >= 0.6 is 0 Å². The Bertz CT molecular complexity index is 1110. The van der Waals surface area contributed by atoms with Crippen LogP contribution in [0.15, 0.2) is 72.9 Å². The minimum Gasteiger partial charge on any atom is -0.496 e. The van der Waals surface area contributed by atoms with Gasteiger partial charge in [0.1, 0.15) is 11.4 Å². The first-order valence-electron chi connectivity index (χ1n) is 8.65. The zero-order valence-corrected chi connectivity index (χ0v) is 14.9. The molecule has 5 nitrogen and oxygen atoms in total. The van der Waals surface area contributed by atoms with Gasteiger partial charge in [-0.25, -0.2) is 4.52 Å². The Balaban J connectivity index is 1.67. The van der Waals surface area contributed by atoms with E-state index >= 15 is 0 Å². The molecule has 0 aliphatic carbocycles. The number of ether oxygens (including phenoxy) is 1. The molecule has 4 aromatic rings. The molecule has 27 heavy (non-hydrogen) atoms. The largest absolute Gasteiger partial charge is 0.496 e. The van der Waals surface area contributed by atoms with E-state index in [2.05, 4.69) is 29.4 Å². The van der Waals surface area contributed by atoms with Gasteiger partial charge in [-0.15, -0.1) is 0 Å². The number of benzene rings is 2. The highest BCUT2D eigenvalue weighted by atomic mass is 16.5. The SMILES string of the molecule is COc1ccccc1-c1ccc(Cc2cc(C(N)=O)nn3cccc23)cc1. The van der Waals surface area contributed by atoms with Gasteiger partial charge in [0, 0.05) is 11.8 Å². The summed E-state index contributed by atoms with van der Waals surface area (Å²) in [5.41, 5.74) is 10.9. The summed E-state index contributed by atoms with van der Waals surface area (Å²) in [6.07, 6.45) is 2.50. The molecule has 0 saturated carbocycles. The Labute approximate surface area is 157 Å². The van der Waals surface area contributed by atoms with Crippen molar-refractivity contribution < 1.29 is 9.53 Å². The molecule has 0 aliphatic heterocycles. The van der Waals surface area contributed by atoms with Gasteiger partial charge in [0.05, 0.1) is 12.6 Å². The van der Waals surface area contributed by atoms with E-state index in [1.807, 2.05) is 42.6 Å². The van der Waals surface area contributed by atoms with E-state index in [1.165, 1.54) is 0 Å². The lowest BCUT2D eigenvalue weighted by Gasteiger charge is -2.10. The summed E-state index contributed by atoms with van der Waals surface area (Å²) >= 11 is 0. The van der Waals surface area contributed by atoms with Crippen LogP contribution < -0.4 is 10.5 Å². The average Bonchev–Trinajstić information content (AvgIpc) is 3.17. The molecule has 134 valence electrons. The Kier molecular flexibility index (Phi) is 4.34. The van der Waals surface area contributed by atoms with Crippen molar-refractivity contribution in [3.05, 3.63) is 89.7 Å². The zero-order valence-electron chi connectivity index (χ0n) is 14.9. The summed E-state index contributed by atoms with van der Waals surface area (Å²) in [5.74, 6) is 0.318. The summed E-state index contributed by atoms with van der Waals surface area (Å²) < 4.78 is 7.14. The van der Waals surface area contributed by atoms with E-state index in [-0.39, 0.29) is 5.69 Å². The molecule has 2 heterocycles. The minimum atomic E-state index is -0.529. The Morgan fingerprint density at radius 1 is 1.07 bits per heavy atom. The van der Waals surface area contributed by atoms with Gasteiger partial charge in [-0.1, -0.05) is 42.5 Å². The van der Waals surface area contributed by atoms with Crippen LogP contribution in [-0.2, 0) is 6.42 Å². The summed E-state index contributed by atoms with van der Waals surface area (Å²) in [7, 11) is 1.68. The van der Waals surface area contributed by atoms with Crippen LogP contribution in [0.25, 0.3) is 16.6 Å². The number of methoxy groups -OCH3 is 1. The highest BCUT2D eigenvalue weighted by Gasteiger charge is 2.11. The number of hydrogen-bond donors (Lipinski definition) is 1. The lowest BCUT2D eigenvalue weighted by atomic mass is 9.99. The fraction of sp³-hybridized carbons (Fsp3) is 0.0909. The highest BCUT2D eigenvalue weighted by molar-refractivity contribution is 5.91. The Hall–Kier alpha value is -3.60. The Morgan fingerprint density at radius 3 is 2.59 bits per heavy atom. The van der Waals surface area contributed by atoms with Crippen molar-refractivity contribution in [1.29, 1.82) is 0 Å². The summed E-state index contributed by atoms with van der Waals surface area (Å²) in [6, 6.07) is 21.9. The molecule has 0 spiro atoms.